The van der Waals surface area contributed by atoms with Crippen molar-refractivity contribution in [2.24, 2.45) is 0 Å². The number of esters is 1. The van der Waals surface area contributed by atoms with Gasteiger partial charge in [0.1, 0.15) is 0 Å². The van der Waals surface area contributed by atoms with Gasteiger partial charge < -0.3 is 10.5 Å². The molecule has 0 spiro atoms. The first-order valence-corrected chi connectivity index (χ1v) is 4.17. The van der Waals surface area contributed by atoms with E-state index in [0.29, 0.717) is 5.69 Å². The van der Waals surface area contributed by atoms with Gasteiger partial charge in [0.15, 0.2) is 6.61 Å². The van der Waals surface area contributed by atoms with E-state index in [-0.39, 0.29) is 12.6 Å². The molecule has 0 bridgehead atoms. The number of anilines is 1. The number of carbonyl (C=O) groups is 1. The van der Waals surface area contributed by atoms with E-state index in [4.69, 9.17) is 5.73 Å². The molecule has 2 N–H and O–H groups in total. The summed E-state index contributed by atoms with van der Waals surface area (Å²) in [5, 5.41) is 0. The Morgan fingerprint density at radius 3 is 2.86 bits per heavy atom. The van der Waals surface area contributed by atoms with Gasteiger partial charge in [-0.2, -0.15) is 0 Å². The van der Waals surface area contributed by atoms with Crippen molar-refractivity contribution in [1.82, 2.24) is 0 Å². The van der Waals surface area contributed by atoms with Crippen LogP contribution >= 0.6 is 0 Å². The molecule has 14 heavy (non-hydrogen) atoms. The average molecular weight is 189 g/mol. The van der Waals surface area contributed by atoms with E-state index in [1.165, 1.54) is 6.92 Å². The summed E-state index contributed by atoms with van der Waals surface area (Å²) in [5.41, 5.74) is 7.03. The zero-order valence-electron chi connectivity index (χ0n) is 7.91. The van der Waals surface area contributed by atoms with Crippen LogP contribution in [0.15, 0.2) is 24.3 Å². The van der Waals surface area contributed by atoms with E-state index in [1.54, 1.807) is 6.07 Å². The Hall–Kier alpha value is -1.95. The first kappa shape index (κ1) is 10.1. The summed E-state index contributed by atoms with van der Waals surface area (Å²) in [5.74, 6) is 5.18. The largest absolute Gasteiger partial charge is 0.453 e. The molecule has 3 heteroatoms. The van der Waals surface area contributed by atoms with Crippen LogP contribution in [-0.4, -0.2) is 12.6 Å². The molecule has 0 fully saturated rings. The minimum absolute atomic E-state index is 0.101. The molecule has 72 valence electrons. The zero-order valence-corrected chi connectivity index (χ0v) is 7.91. The number of hydrogen-bond acceptors (Lipinski definition) is 3. The van der Waals surface area contributed by atoms with Crippen LogP contribution in [0.25, 0.3) is 0 Å². The number of para-hydroxylation sites is 1. The quantitative estimate of drug-likeness (QED) is 0.410. The normalized spacial score (nSPS) is 8.64. The van der Waals surface area contributed by atoms with Crippen LogP contribution < -0.4 is 5.73 Å². The molecule has 0 saturated heterocycles. The smallest absolute Gasteiger partial charge is 0.303 e. The maximum atomic E-state index is 10.4. The van der Waals surface area contributed by atoms with Crippen LogP contribution in [0.2, 0.25) is 0 Å². The topological polar surface area (TPSA) is 52.3 Å². The van der Waals surface area contributed by atoms with Gasteiger partial charge in [0.25, 0.3) is 0 Å². The Kier molecular flexibility index (Phi) is 3.57. The van der Waals surface area contributed by atoms with E-state index in [9.17, 15) is 4.79 Å². The van der Waals surface area contributed by atoms with Gasteiger partial charge in [-0.3, -0.25) is 4.79 Å². The molecule has 0 aliphatic heterocycles. The lowest BCUT2D eigenvalue weighted by molar-refractivity contribution is -0.139. The number of nitrogen functional groups attached to an aromatic ring is 1. The molecule has 3 nitrogen and oxygen atoms in total. The highest BCUT2D eigenvalue weighted by Crippen LogP contribution is 2.07. The van der Waals surface area contributed by atoms with Crippen LogP contribution in [0.4, 0.5) is 5.69 Å². The lowest BCUT2D eigenvalue weighted by Crippen LogP contribution is -1.98. The Labute approximate surface area is 82.9 Å². The molecule has 1 aromatic rings. The van der Waals surface area contributed by atoms with Crippen molar-refractivity contribution in [3.63, 3.8) is 0 Å². The standard InChI is InChI=1S/C11H11NO2/c1-9(13)14-8-4-6-10-5-2-3-7-11(10)12/h2-3,5,7H,8,12H2,1H3. The monoisotopic (exact) mass is 189 g/mol. The Morgan fingerprint density at radius 2 is 2.21 bits per heavy atom. The summed E-state index contributed by atoms with van der Waals surface area (Å²) in [6.07, 6.45) is 0. The van der Waals surface area contributed by atoms with Crippen molar-refractivity contribution >= 4 is 11.7 Å². The van der Waals surface area contributed by atoms with Gasteiger partial charge >= 0.3 is 5.97 Å². The molecule has 0 amide bonds. The molecular weight excluding hydrogens is 178 g/mol. The van der Waals surface area contributed by atoms with Gasteiger partial charge in [-0.1, -0.05) is 24.0 Å². The third-order valence-electron chi connectivity index (χ3n) is 1.53. The number of carbonyl (C=O) groups excluding carboxylic acids is 1. The van der Waals surface area contributed by atoms with E-state index in [0.717, 1.165) is 5.56 Å². The van der Waals surface area contributed by atoms with Gasteiger partial charge in [-0.05, 0) is 12.1 Å². The summed E-state index contributed by atoms with van der Waals surface area (Å²) in [6.45, 7) is 1.45. The number of nitrogens with two attached hydrogens (primary N) is 1. The van der Waals surface area contributed by atoms with Crippen molar-refractivity contribution in [2.75, 3.05) is 12.3 Å². The maximum absolute atomic E-state index is 10.4. The van der Waals surface area contributed by atoms with E-state index < -0.39 is 0 Å². The lowest BCUT2D eigenvalue weighted by Gasteiger charge is -1.95. The van der Waals surface area contributed by atoms with Crippen molar-refractivity contribution in [1.29, 1.82) is 0 Å². The first-order chi connectivity index (χ1) is 6.70. The van der Waals surface area contributed by atoms with Crippen LogP contribution in [0, 0.1) is 11.8 Å². The van der Waals surface area contributed by atoms with E-state index in [2.05, 4.69) is 16.6 Å². The minimum Gasteiger partial charge on any atom is -0.453 e. The molecule has 0 aromatic heterocycles. The fraction of sp³-hybridized carbons (Fsp3) is 0.182. The van der Waals surface area contributed by atoms with E-state index >= 15 is 0 Å². The molecule has 0 unspecified atom stereocenters. The SMILES string of the molecule is CC(=O)OCC#Cc1ccccc1N. The highest BCUT2D eigenvalue weighted by Gasteiger charge is 1.91. The van der Waals surface area contributed by atoms with Gasteiger partial charge in [-0.15, -0.1) is 0 Å². The molecule has 1 rings (SSSR count). The molecule has 0 radical (unpaired) electrons. The molecule has 0 aliphatic carbocycles. The number of ether oxygens (including phenoxy) is 1. The summed E-state index contributed by atoms with van der Waals surface area (Å²) >= 11 is 0. The second kappa shape index (κ2) is 4.93. The zero-order chi connectivity index (χ0) is 10.4. The molecule has 1 aromatic carbocycles. The average Bonchev–Trinajstić information content (AvgIpc) is 2.15. The van der Waals surface area contributed by atoms with Crippen molar-refractivity contribution in [3.8, 4) is 11.8 Å². The maximum Gasteiger partial charge on any atom is 0.303 e. The lowest BCUT2D eigenvalue weighted by atomic mass is 10.2. The fourth-order valence-corrected chi connectivity index (χ4v) is 0.880. The van der Waals surface area contributed by atoms with Crippen LogP contribution in [0.3, 0.4) is 0 Å². The third-order valence-corrected chi connectivity index (χ3v) is 1.53. The van der Waals surface area contributed by atoms with Crippen molar-refractivity contribution in [3.05, 3.63) is 29.8 Å². The highest BCUT2D eigenvalue weighted by molar-refractivity contribution is 5.66. The minimum atomic E-state index is -0.333. The Bertz CT molecular complexity index is 388. The predicted octanol–water partition coefficient (Wildman–Crippen LogP) is 1.18. The van der Waals surface area contributed by atoms with Gasteiger partial charge in [-0.25, -0.2) is 0 Å². The summed E-state index contributed by atoms with van der Waals surface area (Å²) < 4.78 is 4.65. The van der Waals surface area contributed by atoms with Crippen LogP contribution in [0.5, 0.6) is 0 Å². The summed E-state index contributed by atoms with van der Waals surface area (Å²) in [4.78, 5) is 10.4. The molecular formula is C11H11NO2. The van der Waals surface area contributed by atoms with Crippen LogP contribution in [0.1, 0.15) is 12.5 Å². The highest BCUT2D eigenvalue weighted by atomic mass is 16.5. The Morgan fingerprint density at radius 1 is 1.50 bits per heavy atom. The first-order valence-electron chi connectivity index (χ1n) is 4.17. The predicted molar refractivity (Wildman–Crippen MR) is 54.4 cm³/mol. The van der Waals surface area contributed by atoms with E-state index in [1.807, 2.05) is 18.2 Å². The third kappa shape index (κ3) is 3.20. The van der Waals surface area contributed by atoms with Crippen LogP contribution in [-0.2, 0) is 9.53 Å². The van der Waals surface area contributed by atoms with Crippen molar-refractivity contribution < 1.29 is 9.53 Å². The molecule has 0 heterocycles. The Balaban J connectivity index is 2.59. The summed E-state index contributed by atoms with van der Waals surface area (Å²) in [7, 11) is 0. The molecule has 0 atom stereocenters. The summed E-state index contributed by atoms with van der Waals surface area (Å²) in [6, 6.07) is 7.28. The molecule has 0 aliphatic rings. The van der Waals surface area contributed by atoms with Gasteiger partial charge in [0.05, 0.1) is 0 Å². The van der Waals surface area contributed by atoms with Gasteiger partial charge in [0, 0.05) is 18.2 Å². The van der Waals surface area contributed by atoms with Crippen molar-refractivity contribution in [2.45, 2.75) is 6.92 Å². The van der Waals surface area contributed by atoms with Gasteiger partial charge in [0.2, 0.25) is 0 Å². The molecule has 0 saturated carbocycles. The number of benzene rings is 1. The fourth-order valence-electron chi connectivity index (χ4n) is 0.880. The second-order valence-electron chi connectivity index (χ2n) is 2.67. The number of rotatable bonds is 1. The second-order valence-corrected chi connectivity index (χ2v) is 2.67. The number of hydrogen-bond donors (Lipinski definition) is 1.